The van der Waals surface area contributed by atoms with Crippen molar-refractivity contribution in [1.82, 2.24) is 15.1 Å². The van der Waals surface area contributed by atoms with Crippen molar-refractivity contribution in [2.45, 2.75) is 18.7 Å². The van der Waals surface area contributed by atoms with Gasteiger partial charge in [0.25, 0.3) is 10.0 Å². The highest BCUT2D eigenvalue weighted by Crippen LogP contribution is 2.33. The van der Waals surface area contributed by atoms with Gasteiger partial charge in [-0.05, 0) is 50.2 Å². The minimum Gasteiger partial charge on any atom is -0.496 e. The van der Waals surface area contributed by atoms with Crippen LogP contribution in [0.1, 0.15) is 11.3 Å². The predicted molar refractivity (Wildman–Crippen MR) is 120 cm³/mol. The lowest BCUT2D eigenvalue weighted by molar-refractivity contribution is 0.409. The lowest BCUT2D eigenvalue weighted by atomic mass is 10.1. The Hall–Kier alpha value is -4.06. The van der Waals surface area contributed by atoms with Crippen LogP contribution in [-0.2, 0) is 10.0 Å². The minimum absolute atomic E-state index is 0.00134. The number of methoxy groups -OCH3 is 1. The van der Waals surface area contributed by atoms with Gasteiger partial charge in [0.05, 0.1) is 29.0 Å². The maximum atomic E-state index is 14.4. The summed E-state index contributed by atoms with van der Waals surface area (Å²) in [5, 5.41) is 6.70. The second kappa shape index (κ2) is 9.06. The van der Waals surface area contributed by atoms with E-state index in [1.54, 1.807) is 13.8 Å². The molecule has 0 spiro atoms. The fourth-order valence-corrected chi connectivity index (χ4v) is 4.11. The summed E-state index contributed by atoms with van der Waals surface area (Å²) in [6.45, 7) is 3.40. The number of aromatic nitrogens is 3. The molecule has 4 aromatic rings. The van der Waals surface area contributed by atoms with Gasteiger partial charge in [0, 0.05) is 17.3 Å². The SMILES string of the molecule is COc1ccc(F)c(F)c1-c1cc(Nc2ccc(S(=O)(=O)Nc3onc(C)c3C)cc2)ncn1. The number of anilines is 3. The molecule has 0 radical (unpaired) electrons. The van der Waals surface area contributed by atoms with Crippen molar-refractivity contribution in [3.8, 4) is 17.0 Å². The number of nitrogens with zero attached hydrogens (tertiary/aromatic N) is 3. The molecular weight excluding hydrogens is 468 g/mol. The molecule has 0 unspecified atom stereocenters. The molecule has 2 aromatic carbocycles. The van der Waals surface area contributed by atoms with Gasteiger partial charge in [-0.15, -0.1) is 0 Å². The Balaban J connectivity index is 1.56. The molecule has 0 saturated carbocycles. The molecule has 0 atom stereocenters. The summed E-state index contributed by atoms with van der Waals surface area (Å²) in [6, 6.07) is 9.52. The van der Waals surface area contributed by atoms with Gasteiger partial charge in [-0.25, -0.2) is 31.9 Å². The number of hydrogen-bond acceptors (Lipinski definition) is 8. The van der Waals surface area contributed by atoms with E-state index in [4.69, 9.17) is 9.26 Å². The molecule has 0 saturated heterocycles. The van der Waals surface area contributed by atoms with Crippen LogP contribution in [0.4, 0.5) is 26.2 Å². The zero-order chi connectivity index (χ0) is 24.5. The van der Waals surface area contributed by atoms with E-state index < -0.39 is 21.7 Å². The molecule has 2 aromatic heterocycles. The maximum Gasteiger partial charge on any atom is 0.264 e. The summed E-state index contributed by atoms with van der Waals surface area (Å²) in [5.74, 6) is -1.69. The van der Waals surface area contributed by atoms with Crippen molar-refractivity contribution >= 4 is 27.4 Å². The van der Waals surface area contributed by atoms with E-state index in [2.05, 4.69) is 25.2 Å². The normalized spacial score (nSPS) is 11.3. The maximum absolute atomic E-state index is 14.4. The van der Waals surface area contributed by atoms with Gasteiger partial charge >= 0.3 is 0 Å². The second-order valence-corrected chi connectivity index (χ2v) is 8.89. The first-order valence-corrected chi connectivity index (χ1v) is 11.3. The van der Waals surface area contributed by atoms with Crippen LogP contribution in [-0.4, -0.2) is 30.7 Å². The number of hydrogen-bond donors (Lipinski definition) is 2. The number of sulfonamides is 1. The van der Waals surface area contributed by atoms with Gasteiger partial charge in [-0.3, -0.25) is 0 Å². The minimum atomic E-state index is -3.90. The largest absolute Gasteiger partial charge is 0.496 e. The van der Waals surface area contributed by atoms with Crippen molar-refractivity contribution in [3.63, 3.8) is 0 Å². The van der Waals surface area contributed by atoms with E-state index in [9.17, 15) is 17.2 Å². The van der Waals surface area contributed by atoms with E-state index >= 15 is 0 Å². The number of nitrogens with one attached hydrogen (secondary N) is 2. The highest BCUT2D eigenvalue weighted by Gasteiger charge is 2.20. The van der Waals surface area contributed by atoms with E-state index in [-0.39, 0.29) is 33.6 Å². The third-order valence-corrected chi connectivity index (χ3v) is 6.37. The average Bonchev–Trinajstić information content (AvgIpc) is 3.13. The molecule has 0 amide bonds. The molecule has 0 fully saturated rings. The highest BCUT2D eigenvalue weighted by atomic mass is 32.2. The van der Waals surface area contributed by atoms with Crippen LogP contribution in [0.15, 0.2) is 58.2 Å². The second-order valence-electron chi connectivity index (χ2n) is 7.20. The number of benzene rings is 2. The Morgan fingerprint density at radius 1 is 1.03 bits per heavy atom. The Morgan fingerprint density at radius 3 is 2.41 bits per heavy atom. The lowest BCUT2D eigenvalue weighted by Crippen LogP contribution is -2.13. The molecule has 34 heavy (non-hydrogen) atoms. The molecule has 0 aliphatic rings. The van der Waals surface area contributed by atoms with Gasteiger partial charge in [0.1, 0.15) is 17.9 Å². The first kappa shape index (κ1) is 23.1. The van der Waals surface area contributed by atoms with Crippen LogP contribution < -0.4 is 14.8 Å². The van der Waals surface area contributed by atoms with E-state index in [0.717, 1.165) is 6.07 Å². The monoisotopic (exact) mass is 487 g/mol. The molecule has 0 aliphatic carbocycles. The molecule has 12 heteroatoms. The molecule has 4 rings (SSSR count). The highest BCUT2D eigenvalue weighted by molar-refractivity contribution is 7.92. The third kappa shape index (κ3) is 4.53. The Bertz CT molecular complexity index is 1460. The van der Waals surface area contributed by atoms with Gasteiger partial charge in [-0.1, -0.05) is 5.16 Å². The number of aryl methyl sites for hydroxylation is 1. The molecule has 0 aliphatic heterocycles. The number of halogens is 2. The molecular formula is C22H19F2N5O4S. The smallest absolute Gasteiger partial charge is 0.264 e. The summed E-state index contributed by atoms with van der Waals surface area (Å²) in [6.07, 6.45) is 1.19. The van der Waals surface area contributed by atoms with Crippen LogP contribution in [0.3, 0.4) is 0 Å². The van der Waals surface area contributed by atoms with E-state index in [1.807, 2.05) is 0 Å². The van der Waals surface area contributed by atoms with Crippen LogP contribution in [0.2, 0.25) is 0 Å². The summed E-state index contributed by atoms with van der Waals surface area (Å²) >= 11 is 0. The van der Waals surface area contributed by atoms with Crippen molar-refractivity contribution < 1.29 is 26.5 Å². The fraction of sp³-hybridized carbons (Fsp3) is 0.136. The predicted octanol–water partition coefficient (Wildman–Crippen LogP) is 4.58. The Labute approximate surface area is 193 Å². The topological polar surface area (TPSA) is 119 Å². The van der Waals surface area contributed by atoms with Gasteiger partial charge in [0.15, 0.2) is 11.6 Å². The molecule has 9 nitrogen and oxygen atoms in total. The summed E-state index contributed by atoms with van der Waals surface area (Å²) in [4.78, 5) is 8.10. The van der Waals surface area contributed by atoms with E-state index in [1.165, 1.54) is 49.8 Å². The summed E-state index contributed by atoms with van der Waals surface area (Å²) < 4.78 is 66.0. The first-order valence-electron chi connectivity index (χ1n) is 9.87. The van der Waals surface area contributed by atoms with Crippen LogP contribution >= 0.6 is 0 Å². The van der Waals surface area contributed by atoms with Gasteiger partial charge in [0.2, 0.25) is 5.88 Å². The Kier molecular flexibility index (Phi) is 6.16. The third-order valence-electron chi connectivity index (χ3n) is 5.02. The van der Waals surface area contributed by atoms with Gasteiger partial charge in [-0.2, -0.15) is 0 Å². The fourth-order valence-electron chi connectivity index (χ4n) is 3.06. The number of rotatable bonds is 7. The molecule has 2 N–H and O–H groups in total. The van der Waals surface area contributed by atoms with Crippen LogP contribution in [0.5, 0.6) is 5.75 Å². The zero-order valence-corrected chi connectivity index (χ0v) is 19.1. The molecule has 2 heterocycles. The quantitative estimate of drug-likeness (QED) is 0.389. The van der Waals surface area contributed by atoms with Crippen molar-refractivity contribution in [2.24, 2.45) is 0 Å². The zero-order valence-electron chi connectivity index (χ0n) is 18.3. The van der Waals surface area contributed by atoms with Gasteiger partial charge < -0.3 is 14.6 Å². The van der Waals surface area contributed by atoms with Crippen molar-refractivity contribution in [3.05, 3.63) is 71.7 Å². The van der Waals surface area contributed by atoms with Crippen molar-refractivity contribution in [2.75, 3.05) is 17.1 Å². The molecule has 0 bridgehead atoms. The standard InChI is InChI=1S/C22H19F2N5O4S/c1-12-13(2)28-33-22(12)29-34(30,31)15-6-4-14(5-7-15)27-19-10-17(25-11-26-19)20-18(32-3)9-8-16(23)21(20)24/h4-11,29H,1-3H3,(H,25,26,27). The van der Waals surface area contributed by atoms with Crippen LogP contribution in [0.25, 0.3) is 11.3 Å². The van der Waals surface area contributed by atoms with Crippen molar-refractivity contribution in [1.29, 1.82) is 0 Å². The number of ether oxygens (including phenoxy) is 1. The average molecular weight is 487 g/mol. The lowest BCUT2D eigenvalue weighted by Gasteiger charge is -2.11. The first-order chi connectivity index (χ1) is 16.2. The van der Waals surface area contributed by atoms with E-state index in [0.29, 0.717) is 16.9 Å². The summed E-state index contributed by atoms with van der Waals surface area (Å²) in [5.41, 5.74) is 1.64. The Morgan fingerprint density at radius 2 is 1.76 bits per heavy atom. The summed E-state index contributed by atoms with van der Waals surface area (Å²) in [7, 11) is -2.56. The molecule has 176 valence electrons. The van der Waals surface area contributed by atoms with Crippen LogP contribution in [0, 0.1) is 25.5 Å².